The number of nitrogens with zero attached hydrogens (tertiary/aromatic N) is 1. The highest BCUT2D eigenvalue weighted by Gasteiger charge is 2.73. The van der Waals surface area contributed by atoms with Crippen molar-refractivity contribution < 1.29 is 31.4 Å². The second kappa shape index (κ2) is 10.4. The van der Waals surface area contributed by atoms with Gasteiger partial charge in [-0.05, 0) is 25.7 Å². The van der Waals surface area contributed by atoms with Crippen LogP contribution in [0.25, 0.3) is 0 Å². The van der Waals surface area contributed by atoms with Gasteiger partial charge >= 0.3 is 23.6 Å². The molecular formula is C19H40N2O7Si2. The van der Waals surface area contributed by atoms with E-state index in [1.54, 1.807) is 47.6 Å². The van der Waals surface area contributed by atoms with Crippen LogP contribution in [-0.4, -0.2) is 81.5 Å². The van der Waals surface area contributed by atoms with E-state index in [0.29, 0.717) is 25.7 Å². The summed E-state index contributed by atoms with van der Waals surface area (Å²) < 4.78 is 36.0. The molecular weight excluding hydrogens is 424 g/mol. The fourth-order valence-corrected chi connectivity index (χ4v) is 12.6. The first-order chi connectivity index (χ1) is 14.3. The number of carbonyl (C=O) groups is 1. The van der Waals surface area contributed by atoms with Crippen molar-refractivity contribution >= 4 is 23.6 Å². The Hall–Kier alpha value is -0.536. The van der Waals surface area contributed by atoms with Crippen molar-refractivity contribution in [1.29, 1.82) is 0 Å². The minimum absolute atomic E-state index is 0.537. The molecule has 0 saturated heterocycles. The topological polar surface area (TPSA) is 102 Å². The van der Waals surface area contributed by atoms with E-state index in [0.717, 1.165) is 38.5 Å². The molecule has 2 aliphatic carbocycles. The molecule has 0 aromatic rings. The van der Waals surface area contributed by atoms with Crippen LogP contribution in [0.2, 0.25) is 0 Å². The monoisotopic (exact) mass is 464 g/mol. The predicted molar refractivity (Wildman–Crippen MR) is 117 cm³/mol. The van der Waals surface area contributed by atoms with Gasteiger partial charge in [0.1, 0.15) is 10.3 Å². The lowest BCUT2D eigenvalue weighted by Crippen LogP contribution is -2.83. The van der Waals surface area contributed by atoms with E-state index in [1.807, 2.05) is 0 Å². The van der Waals surface area contributed by atoms with Crippen molar-refractivity contribution in [1.82, 2.24) is 4.90 Å². The summed E-state index contributed by atoms with van der Waals surface area (Å²) >= 11 is 0. The largest absolute Gasteiger partial charge is 0.527 e. The van der Waals surface area contributed by atoms with Crippen LogP contribution in [0.4, 0.5) is 4.79 Å². The first-order valence-corrected chi connectivity index (χ1v) is 14.2. The van der Waals surface area contributed by atoms with E-state index in [9.17, 15) is 4.79 Å². The Morgan fingerprint density at radius 3 is 1.10 bits per heavy atom. The van der Waals surface area contributed by atoms with Crippen LogP contribution in [0.3, 0.4) is 0 Å². The molecule has 0 heterocycles. The molecule has 0 radical (unpaired) electrons. The van der Waals surface area contributed by atoms with Crippen LogP contribution in [0.1, 0.15) is 64.2 Å². The highest BCUT2D eigenvalue weighted by atomic mass is 28.4. The van der Waals surface area contributed by atoms with Crippen molar-refractivity contribution in [2.24, 2.45) is 5.73 Å². The van der Waals surface area contributed by atoms with Gasteiger partial charge in [0.15, 0.2) is 0 Å². The zero-order valence-corrected chi connectivity index (χ0v) is 21.5. The number of carbonyl (C=O) groups excluding carboxylic acids is 1. The summed E-state index contributed by atoms with van der Waals surface area (Å²) in [6, 6.07) is -0.537. The molecule has 176 valence electrons. The second-order valence-corrected chi connectivity index (χ2v) is 14.7. The lowest BCUT2D eigenvalue weighted by Gasteiger charge is -2.61. The second-order valence-electron chi connectivity index (χ2n) is 8.20. The number of nitrogens with two attached hydrogens (primary N) is 1. The summed E-state index contributed by atoms with van der Waals surface area (Å²) in [5.41, 5.74) is 6.19. The molecule has 2 N–H and O–H groups in total. The van der Waals surface area contributed by atoms with E-state index in [4.69, 9.17) is 32.3 Å². The zero-order chi connectivity index (χ0) is 22.5. The Labute approximate surface area is 183 Å². The van der Waals surface area contributed by atoms with E-state index >= 15 is 0 Å². The van der Waals surface area contributed by atoms with Gasteiger partial charge in [-0.3, -0.25) is 0 Å². The zero-order valence-electron chi connectivity index (χ0n) is 19.5. The maximum atomic E-state index is 13.4. The van der Waals surface area contributed by atoms with Crippen LogP contribution in [0.15, 0.2) is 0 Å². The Kier molecular flexibility index (Phi) is 8.91. The minimum atomic E-state index is -3.36. The van der Waals surface area contributed by atoms with Gasteiger partial charge in [0.05, 0.1) is 0 Å². The Bertz CT molecular complexity index is 503. The molecule has 2 aliphatic rings. The van der Waals surface area contributed by atoms with Gasteiger partial charge in [0.25, 0.3) is 0 Å². The molecule has 0 aromatic carbocycles. The number of primary amides is 1. The predicted octanol–water partition coefficient (Wildman–Crippen LogP) is 2.61. The van der Waals surface area contributed by atoms with Gasteiger partial charge < -0.3 is 37.2 Å². The van der Waals surface area contributed by atoms with Crippen LogP contribution in [-0.2, 0) is 26.6 Å². The third-order valence-electron chi connectivity index (χ3n) is 7.19. The lowest BCUT2D eigenvalue weighted by molar-refractivity contribution is -0.0457. The first kappa shape index (κ1) is 25.7. The molecule has 0 bridgehead atoms. The number of rotatable bonds is 10. The molecule has 0 spiro atoms. The van der Waals surface area contributed by atoms with Gasteiger partial charge in [-0.1, -0.05) is 38.5 Å². The summed E-state index contributed by atoms with van der Waals surface area (Å²) in [6.45, 7) is 0. The summed E-state index contributed by atoms with van der Waals surface area (Å²) in [7, 11) is 2.84. The van der Waals surface area contributed by atoms with E-state index in [1.165, 1.54) is 0 Å². The summed E-state index contributed by atoms with van der Waals surface area (Å²) in [6.07, 6.45) is 8.57. The molecule has 2 fully saturated rings. The highest BCUT2D eigenvalue weighted by Crippen LogP contribution is 2.51. The van der Waals surface area contributed by atoms with Gasteiger partial charge in [0.2, 0.25) is 0 Å². The maximum absolute atomic E-state index is 13.4. The van der Waals surface area contributed by atoms with Gasteiger partial charge in [-0.25, -0.2) is 4.79 Å². The molecule has 0 aliphatic heterocycles. The van der Waals surface area contributed by atoms with Gasteiger partial charge in [-0.15, -0.1) is 0 Å². The molecule has 2 amide bonds. The number of urea groups is 1. The number of amides is 2. The standard InChI is InChI=1S/C19H40N2O7Si2/c1-23-29(24-2,25-3)18(13-9-7-10-14-18)21(17(20)22)19(15-11-8-12-16-19)30(26-4,27-5)28-6/h7-16H2,1-6H3,(H2,20,22). The maximum Gasteiger partial charge on any atom is 0.527 e. The summed E-state index contributed by atoms with van der Waals surface area (Å²) in [5.74, 6) is 0. The van der Waals surface area contributed by atoms with E-state index in [2.05, 4.69) is 0 Å². The fourth-order valence-electron chi connectivity index (χ4n) is 6.08. The van der Waals surface area contributed by atoms with Crippen LogP contribution >= 0.6 is 0 Å². The van der Waals surface area contributed by atoms with Crippen LogP contribution in [0, 0.1) is 0 Å². The average molecular weight is 465 g/mol. The third-order valence-corrected chi connectivity index (χ3v) is 14.1. The van der Waals surface area contributed by atoms with E-state index in [-0.39, 0.29) is 0 Å². The van der Waals surface area contributed by atoms with Gasteiger partial charge in [0, 0.05) is 42.7 Å². The van der Waals surface area contributed by atoms with Crippen molar-refractivity contribution in [3.63, 3.8) is 0 Å². The smallest absolute Gasteiger partial charge is 0.375 e. The molecule has 9 nitrogen and oxygen atoms in total. The number of hydrogen-bond donors (Lipinski definition) is 1. The Balaban J connectivity index is 2.82. The Morgan fingerprint density at radius 1 is 0.633 bits per heavy atom. The van der Waals surface area contributed by atoms with Crippen molar-refractivity contribution in [2.75, 3.05) is 42.7 Å². The highest BCUT2D eigenvalue weighted by molar-refractivity contribution is 6.67. The SMILES string of the molecule is CO[Si](OC)(OC)C1(N(C(N)=O)C2([Si](OC)(OC)OC)CCCCC2)CCCCC1. The normalized spacial score (nSPS) is 21.9. The number of hydrogen-bond acceptors (Lipinski definition) is 7. The first-order valence-electron chi connectivity index (χ1n) is 10.8. The van der Waals surface area contributed by atoms with Crippen LogP contribution in [0.5, 0.6) is 0 Å². The lowest BCUT2D eigenvalue weighted by atomic mass is 9.87. The quantitative estimate of drug-likeness (QED) is 0.496. The van der Waals surface area contributed by atoms with Gasteiger partial charge in [-0.2, -0.15) is 0 Å². The summed E-state index contributed by atoms with van der Waals surface area (Å²) in [4.78, 5) is 15.2. The summed E-state index contributed by atoms with van der Waals surface area (Å²) in [5, 5.41) is -1.64. The Morgan fingerprint density at radius 2 is 0.900 bits per heavy atom. The molecule has 11 heteroatoms. The minimum Gasteiger partial charge on any atom is -0.375 e. The molecule has 0 aromatic heterocycles. The fraction of sp³-hybridized carbons (Fsp3) is 0.947. The van der Waals surface area contributed by atoms with Crippen molar-refractivity contribution in [3.05, 3.63) is 0 Å². The molecule has 2 rings (SSSR count). The van der Waals surface area contributed by atoms with E-state index < -0.39 is 34.0 Å². The molecule has 2 saturated carbocycles. The third kappa shape index (κ3) is 3.77. The molecule has 0 unspecified atom stereocenters. The molecule has 30 heavy (non-hydrogen) atoms. The van der Waals surface area contributed by atoms with Crippen molar-refractivity contribution in [2.45, 2.75) is 74.5 Å². The van der Waals surface area contributed by atoms with Crippen molar-refractivity contribution in [3.8, 4) is 0 Å². The van der Waals surface area contributed by atoms with Crippen LogP contribution < -0.4 is 5.73 Å². The average Bonchev–Trinajstić information content (AvgIpc) is 2.78. The molecule has 0 atom stereocenters.